The van der Waals surface area contributed by atoms with Gasteiger partial charge in [-0.25, -0.2) is 0 Å². The molecule has 168 valence electrons. The highest BCUT2D eigenvalue weighted by atomic mass is 35.5. The number of nitrogens with two attached hydrogens (primary N) is 1. The first kappa shape index (κ1) is 23.0. The van der Waals surface area contributed by atoms with E-state index in [1.807, 2.05) is 56.3 Å². The van der Waals surface area contributed by atoms with E-state index >= 15 is 0 Å². The van der Waals surface area contributed by atoms with Gasteiger partial charge in [0.05, 0.1) is 15.6 Å². The minimum Gasteiger partial charge on any atom is -0.489 e. The van der Waals surface area contributed by atoms with Gasteiger partial charge in [-0.3, -0.25) is 0 Å². The second-order valence-corrected chi connectivity index (χ2v) is 8.80. The van der Waals surface area contributed by atoms with Crippen LogP contribution in [0.4, 0.5) is 5.69 Å². The maximum atomic E-state index is 6.43. The predicted octanol–water partition coefficient (Wildman–Crippen LogP) is 8.24. The van der Waals surface area contributed by atoms with Gasteiger partial charge in [0.2, 0.25) is 0 Å². The highest BCUT2D eigenvalue weighted by Gasteiger charge is 2.23. The summed E-state index contributed by atoms with van der Waals surface area (Å²) in [6.45, 7) is 8.18. The molecule has 4 aromatic rings. The van der Waals surface area contributed by atoms with Crippen LogP contribution in [0, 0.1) is 0 Å². The minimum absolute atomic E-state index is 0.123. The molecule has 0 aliphatic rings. The molecule has 1 heterocycles. The van der Waals surface area contributed by atoms with Crippen LogP contribution in [-0.4, -0.2) is 5.16 Å². The number of hydrogen-bond acceptors (Lipinski definition) is 4. The van der Waals surface area contributed by atoms with Crippen molar-refractivity contribution in [3.63, 3.8) is 0 Å². The first-order chi connectivity index (χ1) is 15.9. The standard InChI is InChI=1S/C27H24Cl2N2O2/c1-4-17-14-19(10-13-24(17)30)18-8-11-20(12-9-18)32-15-21-26(31-33-27(21)16(2)3)25-22(28)6-5-7-23(25)29/h4-14,16H,1,15,30H2,2-3H3. The largest absolute Gasteiger partial charge is 0.489 e. The van der Waals surface area contributed by atoms with Gasteiger partial charge in [0.25, 0.3) is 0 Å². The molecule has 4 rings (SSSR count). The predicted molar refractivity (Wildman–Crippen MR) is 137 cm³/mol. The van der Waals surface area contributed by atoms with Crippen LogP contribution in [0.15, 0.2) is 71.8 Å². The molecule has 0 spiro atoms. The molecular weight excluding hydrogens is 455 g/mol. The van der Waals surface area contributed by atoms with Gasteiger partial charge in [0.15, 0.2) is 0 Å². The number of rotatable bonds is 7. The van der Waals surface area contributed by atoms with Crippen LogP contribution in [0.25, 0.3) is 28.5 Å². The topological polar surface area (TPSA) is 61.3 Å². The summed E-state index contributed by atoms with van der Waals surface area (Å²) >= 11 is 12.9. The van der Waals surface area contributed by atoms with Gasteiger partial charge in [-0.05, 0) is 53.1 Å². The summed E-state index contributed by atoms with van der Waals surface area (Å²) in [5.41, 5.74) is 11.8. The third-order valence-electron chi connectivity index (χ3n) is 5.42. The number of hydrogen-bond donors (Lipinski definition) is 1. The Balaban J connectivity index is 1.60. The average Bonchev–Trinajstić information content (AvgIpc) is 3.22. The molecule has 6 heteroatoms. The number of ether oxygens (including phenoxy) is 1. The fourth-order valence-corrected chi connectivity index (χ4v) is 4.24. The van der Waals surface area contributed by atoms with Crippen molar-refractivity contribution < 1.29 is 9.26 Å². The molecule has 1 aromatic heterocycles. The molecule has 0 saturated heterocycles. The van der Waals surface area contributed by atoms with Gasteiger partial charge in [0.1, 0.15) is 23.8 Å². The van der Waals surface area contributed by atoms with Crippen molar-refractivity contribution in [2.75, 3.05) is 5.73 Å². The van der Waals surface area contributed by atoms with Crippen LogP contribution in [-0.2, 0) is 6.61 Å². The van der Waals surface area contributed by atoms with Crippen molar-refractivity contribution in [2.24, 2.45) is 0 Å². The highest BCUT2D eigenvalue weighted by Crippen LogP contribution is 2.39. The van der Waals surface area contributed by atoms with E-state index in [0.29, 0.717) is 27.0 Å². The van der Waals surface area contributed by atoms with E-state index in [4.69, 9.17) is 38.2 Å². The molecule has 3 aromatic carbocycles. The van der Waals surface area contributed by atoms with E-state index in [1.54, 1.807) is 24.3 Å². The van der Waals surface area contributed by atoms with Crippen molar-refractivity contribution in [3.05, 3.63) is 94.2 Å². The average molecular weight is 479 g/mol. The Morgan fingerprint density at radius 3 is 2.33 bits per heavy atom. The second-order valence-electron chi connectivity index (χ2n) is 7.99. The lowest BCUT2D eigenvalue weighted by Gasteiger charge is -2.11. The lowest BCUT2D eigenvalue weighted by molar-refractivity contribution is 0.298. The number of halogens is 2. The Labute approximate surface area is 203 Å². The molecule has 0 amide bonds. The summed E-state index contributed by atoms with van der Waals surface area (Å²) in [7, 11) is 0. The molecule has 0 saturated carbocycles. The molecule has 0 bridgehead atoms. The molecule has 0 radical (unpaired) electrons. The fourth-order valence-electron chi connectivity index (χ4n) is 3.67. The van der Waals surface area contributed by atoms with Crippen molar-refractivity contribution in [3.8, 4) is 28.1 Å². The van der Waals surface area contributed by atoms with Crippen LogP contribution in [0.1, 0.15) is 36.7 Å². The number of nitrogens with zero attached hydrogens (tertiary/aromatic N) is 1. The molecular formula is C27H24Cl2N2O2. The Morgan fingerprint density at radius 2 is 1.70 bits per heavy atom. The van der Waals surface area contributed by atoms with E-state index in [-0.39, 0.29) is 12.5 Å². The summed E-state index contributed by atoms with van der Waals surface area (Å²) < 4.78 is 11.8. The molecule has 0 aliphatic heterocycles. The molecule has 0 fully saturated rings. The Morgan fingerprint density at radius 1 is 1.03 bits per heavy atom. The van der Waals surface area contributed by atoms with E-state index in [1.165, 1.54) is 0 Å². The molecule has 33 heavy (non-hydrogen) atoms. The smallest absolute Gasteiger partial charge is 0.146 e. The van der Waals surface area contributed by atoms with Crippen LogP contribution in [0.5, 0.6) is 5.75 Å². The summed E-state index contributed by atoms with van der Waals surface area (Å²) in [5.74, 6) is 1.60. The summed E-state index contributed by atoms with van der Waals surface area (Å²) in [6.07, 6.45) is 1.75. The van der Waals surface area contributed by atoms with Gasteiger partial charge >= 0.3 is 0 Å². The van der Waals surface area contributed by atoms with Crippen molar-refractivity contribution in [1.29, 1.82) is 0 Å². The second kappa shape index (κ2) is 9.74. The first-order valence-electron chi connectivity index (χ1n) is 10.6. The lowest BCUT2D eigenvalue weighted by Crippen LogP contribution is -2.01. The zero-order chi connectivity index (χ0) is 23.5. The van der Waals surface area contributed by atoms with Gasteiger partial charge in [-0.2, -0.15) is 0 Å². The molecule has 0 unspecified atom stereocenters. The molecule has 0 aliphatic carbocycles. The number of aromatic nitrogens is 1. The van der Waals surface area contributed by atoms with Crippen LogP contribution in [0.3, 0.4) is 0 Å². The van der Waals surface area contributed by atoms with E-state index in [2.05, 4.69) is 11.7 Å². The van der Waals surface area contributed by atoms with Crippen LogP contribution >= 0.6 is 23.2 Å². The van der Waals surface area contributed by atoms with Crippen molar-refractivity contribution >= 4 is 35.0 Å². The van der Waals surface area contributed by atoms with Crippen molar-refractivity contribution in [2.45, 2.75) is 26.4 Å². The fraction of sp³-hybridized carbons (Fsp3) is 0.148. The van der Waals surface area contributed by atoms with Crippen LogP contribution in [0.2, 0.25) is 10.0 Å². The van der Waals surface area contributed by atoms with E-state index < -0.39 is 0 Å². The number of anilines is 1. The zero-order valence-corrected chi connectivity index (χ0v) is 20.0. The Hall–Kier alpha value is -3.21. The monoisotopic (exact) mass is 478 g/mol. The third-order valence-corrected chi connectivity index (χ3v) is 6.05. The summed E-state index contributed by atoms with van der Waals surface area (Å²) in [4.78, 5) is 0. The van der Waals surface area contributed by atoms with Crippen molar-refractivity contribution in [1.82, 2.24) is 5.16 Å². The third kappa shape index (κ3) is 4.77. The highest BCUT2D eigenvalue weighted by molar-refractivity contribution is 6.39. The normalized spacial score (nSPS) is 11.1. The van der Waals surface area contributed by atoms with E-state index in [0.717, 1.165) is 33.8 Å². The maximum Gasteiger partial charge on any atom is 0.146 e. The van der Waals surface area contributed by atoms with Crippen LogP contribution < -0.4 is 10.5 Å². The summed E-state index contributed by atoms with van der Waals surface area (Å²) in [5, 5.41) is 5.30. The van der Waals surface area contributed by atoms with Gasteiger partial charge < -0.3 is 15.0 Å². The van der Waals surface area contributed by atoms with E-state index in [9.17, 15) is 0 Å². The van der Waals surface area contributed by atoms with Gasteiger partial charge in [-0.1, -0.05) is 79.1 Å². The first-order valence-corrected chi connectivity index (χ1v) is 11.3. The molecule has 4 nitrogen and oxygen atoms in total. The number of nitrogen functional groups attached to an aromatic ring is 1. The molecule has 0 atom stereocenters. The van der Waals surface area contributed by atoms with Gasteiger partial charge in [-0.15, -0.1) is 0 Å². The molecule has 2 N–H and O–H groups in total. The van der Waals surface area contributed by atoms with Gasteiger partial charge in [0, 0.05) is 17.2 Å². The number of benzene rings is 3. The maximum absolute atomic E-state index is 6.43. The SMILES string of the molecule is C=Cc1cc(-c2ccc(OCc3c(-c4c(Cl)cccc4Cl)noc3C(C)C)cc2)ccc1N. The minimum atomic E-state index is 0.123. The quantitative estimate of drug-likeness (QED) is 0.271. The Kier molecular flexibility index (Phi) is 6.77. The zero-order valence-electron chi connectivity index (χ0n) is 18.4. The lowest BCUT2D eigenvalue weighted by atomic mass is 10.0. The summed E-state index contributed by atoms with van der Waals surface area (Å²) in [6, 6.07) is 19.1. The Bertz CT molecular complexity index is 1270.